The number of aromatic nitrogens is 2. The normalized spacial score (nSPS) is 15.2. The molecule has 4 nitrogen and oxygen atoms in total. The van der Waals surface area contributed by atoms with Gasteiger partial charge in [-0.25, -0.2) is 0 Å². The summed E-state index contributed by atoms with van der Waals surface area (Å²) in [5, 5.41) is 7.72. The minimum Gasteiger partial charge on any atom is -0.379 e. The smallest absolute Gasteiger partial charge is 0.0803 e. The largest absolute Gasteiger partial charge is 0.379 e. The first-order valence-electron chi connectivity index (χ1n) is 6.37. The molecule has 17 heavy (non-hydrogen) atoms. The Morgan fingerprint density at radius 2 is 2.18 bits per heavy atom. The van der Waals surface area contributed by atoms with Crippen molar-refractivity contribution in [1.82, 2.24) is 15.1 Å². The number of nitrogens with one attached hydrogen (secondary N) is 1. The lowest BCUT2D eigenvalue weighted by Crippen LogP contribution is -2.36. The topological polar surface area (TPSA) is 39.1 Å². The maximum absolute atomic E-state index is 5.62. The zero-order valence-corrected chi connectivity index (χ0v) is 11.6. The fraction of sp³-hybridized carbons (Fsp3) is 0.769. The van der Waals surface area contributed by atoms with Crippen molar-refractivity contribution in [2.45, 2.75) is 45.9 Å². The molecule has 1 N–H and O–H groups in total. The molecule has 0 fully saturated rings. The van der Waals surface area contributed by atoms with Gasteiger partial charge in [0.05, 0.1) is 17.8 Å². The maximum atomic E-state index is 5.62. The Bertz CT molecular complexity index is 322. The lowest BCUT2D eigenvalue weighted by molar-refractivity contribution is 0.0323. The van der Waals surface area contributed by atoms with E-state index in [1.54, 1.807) is 7.11 Å². The van der Waals surface area contributed by atoms with Gasteiger partial charge in [0.2, 0.25) is 0 Å². The van der Waals surface area contributed by atoms with Gasteiger partial charge >= 0.3 is 0 Å². The van der Waals surface area contributed by atoms with E-state index in [-0.39, 0.29) is 12.1 Å². The highest BCUT2D eigenvalue weighted by atomic mass is 16.5. The van der Waals surface area contributed by atoms with E-state index in [2.05, 4.69) is 41.9 Å². The van der Waals surface area contributed by atoms with Gasteiger partial charge in [0.15, 0.2) is 0 Å². The number of aryl methyl sites for hydroxylation is 1. The number of methoxy groups -OCH3 is 1. The maximum Gasteiger partial charge on any atom is 0.0803 e. The molecular weight excluding hydrogens is 214 g/mol. The molecular formula is C13H25N3O. The number of hydrogen-bond donors (Lipinski definition) is 1. The first-order chi connectivity index (χ1) is 8.15. The molecule has 1 heterocycles. The SMILES string of the molecule is CCCn1nccc1C(NC)C(OC)C(C)C. The molecule has 2 atom stereocenters. The molecule has 0 aliphatic rings. The third-order valence-electron chi connectivity index (χ3n) is 3.07. The molecule has 0 radical (unpaired) electrons. The van der Waals surface area contributed by atoms with Crippen molar-refractivity contribution < 1.29 is 4.74 Å². The standard InChI is InChI=1S/C13H25N3O/c1-6-9-16-11(7-8-15-16)12(14-4)13(17-5)10(2)3/h7-8,10,12-14H,6,9H2,1-5H3. The van der Waals surface area contributed by atoms with Crippen LogP contribution in [0.25, 0.3) is 0 Å². The second-order valence-electron chi connectivity index (χ2n) is 4.69. The van der Waals surface area contributed by atoms with Crippen molar-refractivity contribution in [2.75, 3.05) is 14.2 Å². The predicted octanol–water partition coefficient (Wildman–Crippen LogP) is 2.22. The summed E-state index contributed by atoms with van der Waals surface area (Å²) >= 11 is 0. The van der Waals surface area contributed by atoms with E-state index in [0.717, 1.165) is 13.0 Å². The summed E-state index contributed by atoms with van der Waals surface area (Å²) in [5.74, 6) is 0.461. The van der Waals surface area contributed by atoms with Crippen LogP contribution in [0.4, 0.5) is 0 Å². The van der Waals surface area contributed by atoms with Gasteiger partial charge in [0, 0.05) is 19.9 Å². The van der Waals surface area contributed by atoms with Gasteiger partial charge in [0.25, 0.3) is 0 Å². The molecule has 1 aromatic heterocycles. The Kier molecular flexibility index (Phi) is 5.65. The van der Waals surface area contributed by atoms with Crippen molar-refractivity contribution in [2.24, 2.45) is 5.92 Å². The summed E-state index contributed by atoms with van der Waals surface area (Å²) in [7, 11) is 3.75. The van der Waals surface area contributed by atoms with Crippen LogP contribution in [0.1, 0.15) is 38.9 Å². The minimum absolute atomic E-state index is 0.160. The molecule has 2 unspecified atom stereocenters. The Morgan fingerprint density at radius 1 is 1.47 bits per heavy atom. The summed E-state index contributed by atoms with van der Waals surface area (Å²) in [6.07, 6.45) is 3.11. The number of nitrogens with zero attached hydrogens (tertiary/aromatic N) is 2. The zero-order chi connectivity index (χ0) is 12.8. The van der Waals surface area contributed by atoms with E-state index in [0.29, 0.717) is 5.92 Å². The van der Waals surface area contributed by atoms with E-state index in [1.807, 2.05) is 13.2 Å². The van der Waals surface area contributed by atoms with Crippen LogP contribution < -0.4 is 5.32 Å². The van der Waals surface area contributed by atoms with Crippen LogP contribution in [0.2, 0.25) is 0 Å². The van der Waals surface area contributed by atoms with Gasteiger partial charge in [-0.15, -0.1) is 0 Å². The highest BCUT2D eigenvalue weighted by molar-refractivity contribution is 5.09. The van der Waals surface area contributed by atoms with Gasteiger partial charge in [-0.3, -0.25) is 4.68 Å². The van der Waals surface area contributed by atoms with Crippen molar-refractivity contribution in [3.05, 3.63) is 18.0 Å². The Morgan fingerprint density at radius 3 is 2.65 bits per heavy atom. The van der Waals surface area contributed by atoms with Crippen molar-refractivity contribution >= 4 is 0 Å². The zero-order valence-electron chi connectivity index (χ0n) is 11.6. The van der Waals surface area contributed by atoms with E-state index in [1.165, 1.54) is 5.69 Å². The van der Waals surface area contributed by atoms with E-state index in [4.69, 9.17) is 4.74 Å². The third-order valence-corrected chi connectivity index (χ3v) is 3.07. The van der Waals surface area contributed by atoms with Gasteiger partial charge in [0.1, 0.15) is 0 Å². The number of ether oxygens (including phenoxy) is 1. The van der Waals surface area contributed by atoms with Gasteiger partial charge in [-0.1, -0.05) is 20.8 Å². The first kappa shape index (κ1) is 14.2. The molecule has 0 aromatic carbocycles. The molecule has 0 bridgehead atoms. The van der Waals surface area contributed by atoms with E-state index >= 15 is 0 Å². The number of hydrogen-bond acceptors (Lipinski definition) is 3. The fourth-order valence-corrected chi connectivity index (χ4v) is 2.28. The van der Waals surface area contributed by atoms with Crippen LogP contribution in [0.15, 0.2) is 12.3 Å². The highest BCUT2D eigenvalue weighted by Crippen LogP contribution is 2.24. The van der Waals surface area contributed by atoms with Crippen LogP contribution in [0, 0.1) is 5.92 Å². The summed E-state index contributed by atoms with van der Waals surface area (Å²) in [6, 6.07) is 2.26. The fourth-order valence-electron chi connectivity index (χ4n) is 2.28. The summed E-state index contributed by atoms with van der Waals surface area (Å²) in [5.41, 5.74) is 1.20. The van der Waals surface area contributed by atoms with Crippen molar-refractivity contribution in [3.8, 4) is 0 Å². The lowest BCUT2D eigenvalue weighted by atomic mass is 9.97. The third kappa shape index (κ3) is 3.30. The number of likely N-dealkylation sites (N-methyl/N-ethyl adjacent to an activating group) is 1. The van der Waals surface area contributed by atoms with Crippen molar-refractivity contribution in [1.29, 1.82) is 0 Å². The first-order valence-corrected chi connectivity index (χ1v) is 6.37. The molecule has 98 valence electrons. The van der Waals surface area contributed by atoms with Crippen molar-refractivity contribution in [3.63, 3.8) is 0 Å². The van der Waals surface area contributed by atoms with Crippen LogP contribution >= 0.6 is 0 Å². The van der Waals surface area contributed by atoms with Crippen LogP contribution in [0.3, 0.4) is 0 Å². The molecule has 0 saturated heterocycles. The quantitative estimate of drug-likeness (QED) is 0.793. The monoisotopic (exact) mass is 239 g/mol. The molecule has 0 spiro atoms. The van der Waals surface area contributed by atoms with Crippen LogP contribution in [0.5, 0.6) is 0 Å². The van der Waals surface area contributed by atoms with E-state index in [9.17, 15) is 0 Å². The number of rotatable bonds is 7. The predicted molar refractivity (Wildman–Crippen MR) is 70.0 cm³/mol. The second kappa shape index (κ2) is 6.77. The average molecular weight is 239 g/mol. The van der Waals surface area contributed by atoms with Crippen LogP contribution in [-0.2, 0) is 11.3 Å². The Hall–Kier alpha value is -0.870. The molecule has 0 aliphatic carbocycles. The van der Waals surface area contributed by atoms with Crippen LogP contribution in [-0.4, -0.2) is 30.0 Å². The Labute approximate surface area is 104 Å². The summed E-state index contributed by atoms with van der Waals surface area (Å²) in [6.45, 7) is 7.48. The highest BCUT2D eigenvalue weighted by Gasteiger charge is 2.26. The second-order valence-corrected chi connectivity index (χ2v) is 4.69. The molecule has 4 heteroatoms. The summed E-state index contributed by atoms with van der Waals surface area (Å²) < 4.78 is 7.68. The molecule has 0 saturated carbocycles. The Balaban J connectivity index is 2.95. The molecule has 1 rings (SSSR count). The van der Waals surface area contributed by atoms with Gasteiger partial charge in [-0.05, 0) is 25.5 Å². The van der Waals surface area contributed by atoms with Gasteiger partial charge in [-0.2, -0.15) is 5.10 Å². The lowest BCUT2D eigenvalue weighted by Gasteiger charge is -2.29. The molecule has 0 aliphatic heterocycles. The molecule has 0 amide bonds. The average Bonchev–Trinajstić information content (AvgIpc) is 2.73. The summed E-state index contributed by atoms with van der Waals surface area (Å²) in [4.78, 5) is 0. The molecule has 1 aromatic rings. The minimum atomic E-state index is 0.160. The van der Waals surface area contributed by atoms with Gasteiger partial charge < -0.3 is 10.1 Å². The van der Waals surface area contributed by atoms with E-state index < -0.39 is 0 Å².